The number of aromatic nitrogens is 2. The highest BCUT2D eigenvalue weighted by Crippen LogP contribution is 2.28. The van der Waals surface area contributed by atoms with Crippen LogP contribution in [0.15, 0.2) is 15.9 Å². The van der Waals surface area contributed by atoms with Gasteiger partial charge in [-0.25, -0.2) is 9.97 Å². The fraction of sp³-hybridized carbons (Fsp3) is 0.500. The second-order valence-corrected chi connectivity index (χ2v) is 7.01. The first-order valence-corrected chi connectivity index (χ1v) is 9.08. The summed E-state index contributed by atoms with van der Waals surface area (Å²) in [5.41, 5.74) is 3.52. The number of halogens is 1. The van der Waals surface area contributed by atoms with Crippen molar-refractivity contribution in [2.75, 3.05) is 13.1 Å². The molecule has 0 fully saturated rings. The van der Waals surface area contributed by atoms with E-state index in [1.165, 1.54) is 12.0 Å². The Balaban J connectivity index is 2.07. The van der Waals surface area contributed by atoms with Gasteiger partial charge in [0.25, 0.3) is 0 Å². The molecule has 0 saturated heterocycles. The lowest BCUT2D eigenvalue weighted by Gasteiger charge is -2.10. The number of thiophene rings is 1. The van der Waals surface area contributed by atoms with Crippen LogP contribution in [0.4, 0.5) is 0 Å². The molecule has 0 bridgehead atoms. The molecule has 21 heavy (non-hydrogen) atoms. The van der Waals surface area contributed by atoms with E-state index in [-0.39, 0.29) is 0 Å². The van der Waals surface area contributed by atoms with E-state index in [0.717, 1.165) is 52.5 Å². The summed E-state index contributed by atoms with van der Waals surface area (Å²) in [4.78, 5) is 10.5. The number of aryl methyl sites for hydroxylation is 2. The summed E-state index contributed by atoms with van der Waals surface area (Å²) in [6.45, 7) is 8.54. The van der Waals surface area contributed by atoms with Crippen LogP contribution in [0.5, 0.6) is 0 Å². The van der Waals surface area contributed by atoms with Gasteiger partial charge >= 0.3 is 0 Å². The van der Waals surface area contributed by atoms with Gasteiger partial charge in [0.2, 0.25) is 0 Å². The van der Waals surface area contributed by atoms with Crippen LogP contribution >= 0.6 is 27.3 Å². The van der Waals surface area contributed by atoms with E-state index >= 15 is 0 Å². The minimum absolute atomic E-state index is 0.841. The van der Waals surface area contributed by atoms with Crippen LogP contribution in [0, 0.1) is 13.8 Å². The zero-order valence-electron chi connectivity index (χ0n) is 12.9. The monoisotopic (exact) mass is 367 g/mol. The molecule has 0 unspecified atom stereocenters. The van der Waals surface area contributed by atoms with Gasteiger partial charge in [0.15, 0.2) is 5.82 Å². The maximum atomic E-state index is 4.69. The number of hydrogen-bond acceptors (Lipinski definition) is 4. The maximum absolute atomic E-state index is 4.69. The Bertz CT molecular complexity index is 572. The molecule has 0 amide bonds. The van der Waals surface area contributed by atoms with E-state index < -0.39 is 0 Å². The number of nitrogens with zero attached hydrogens (tertiary/aromatic N) is 2. The largest absolute Gasteiger partial charge is 0.317 e. The lowest BCUT2D eigenvalue weighted by Crippen LogP contribution is -2.17. The van der Waals surface area contributed by atoms with Gasteiger partial charge in [-0.05, 0) is 73.8 Å². The third-order valence-electron chi connectivity index (χ3n) is 3.42. The van der Waals surface area contributed by atoms with Crippen molar-refractivity contribution in [1.29, 1.82) is 0 Å². The molecular weight excluding hydrogens is 346 g/mol. The molecule has 0 aliphatic rings. The van der Waals surface area contributed by atoms with Gasteiger partial charge in [0.1, 0.15) is 0 Å². The van der Waals surface area contributed by atoms with Crippen molar-refractivity contribution in [1.82, 2.24) is 15.3 Å². The molecular formula is C16H22BrN3S. The van der Waals surface area contributed by atoms with Gasteiger partial charge in [0.05, 0.1) is 4.88 Å². The van der Waals surface area contributed by atoms with E-state index in [1.54, 1.807) is 11.3 Å². The van der Waals surface area contributed by atoms with Crippen molar-refractivity contribution in [2.45, 2.75) is 40.0 Å². The molecule has 2 heterocycles. The first-order chi connectivity index (χ1) is 10.1. The van der Waals surface area contributed by atoms with Gasteiger partial charge in [-0.1, -0.05) is 6.92 Å². The Kier molecular flexibility index (Phi) is 6.33. The van der Waals surface area contributed by atoms with Gasteiger partial charge in [-0.3, -0.25) is 0 Å². The first-order valence-electron chi connectivity index (χ1n) is 7.41. The van der Waals surface area contributed by atoms with E-state index in [0.29, 0.717) is 0 Å². The summed E-state index contributed by atoms with van der Waals surface area (Å²) in [5, 5.41) is 5.51. The van der Waals surface area contributed by atoms with Crippen LogP contribution in [-0.4, -0.2) is 23.1 Å². The summed E-state index contributed by atoms with van der Waals surface area (Å²) in [7, 11) is 0. The first kappa shape index (κ1) is 16.6. The lowest BCUT2D eigenvalue weighted by atomic mass is 10.1. The fourth-order valence-electron chi connectivity index (χ4n) is 2.33. The summed E-state index contributed by atoms with van der Waals surface area (Å²) in [6.07, 6.45) is 3.37. The molecule has 114 valence electrons. The molecule has 0 radical (unpaired) electrons. The predicted octanol–water partition coefficient (Wildman–Crippen LogP) is 4.52. The average Bonchev–Trinajstić information content (AvgIpc) is 2.87. The molecule has 1 N–H and O–H groups in total. The number of rotatable bonds is 7. The topological polar surface area (TPSA) is 37.8 Å². The Morgan fingerprint density at radius 1 is 1.19 bits per heavy atom. The second-order valence-electron chi connectivity index (χ2n) is 5.18. The quantitative estimate of drug-likeness (QED) is 0.731. The second kappa shape index (κ2) is 8.01. The van der Waals surface area contributed by atoms with Crippen molar-refractivity contribution in [2.24, 2.45) is 0 Å². The molecule has 0 atom stereocenters. The molecule has 2 aromatic rings. The Labute approximate surface area is 139 Å². The molecule has 5 heteroatoms. The van der Waals surface area contributed by atoms with Crippen LogP contribution in [0.1, 0.15) is 36.7 Å². The molecule has 2 aromatic heterocycles. The minimum Gasteiger partial charge on any atom is -0.317 e. The Morgan fingerprint density at radius 2 is 1.90 bits per heavy atom. The van der Waals surface area contributed by atoms with Crippen LogP contribution in [0.2, 0.25) is 0 Å². The highest BCUT2D eigenvalue weighted by Gasteiger charge is 2.11. The molecule has 0 saturated carbocycles. The van der Waals surface area contributed by atoms with Crippen LogP contribution < -0.4 is 5.32 Å². The van der Waals surface area contributed by atoms with Crippen LogP contribution in [0.3, 0.4) is 0 Å². The molecule has 2 rings (SSSR count). The number of hydrogen-bond donors (Lipinski definition) is 1. The predicted molar refractivity (Wildman–Crippen MR) is 94.0 cm³/mol. The van der Waals surface area contributed by atoms with E-state index in [4.69, 9.17) is 9.97 Å². The van der Waals surface area contributed by atoms with Crippen LogP contribution in [-0.2, 0) is 6.42 Å². The lowest BCUT2D eigenvalue weighted by molar-refractivity contribution is 0.636. The van der Waals surface area contributed by atoms with Gasteiger partial charge in [-0.2, -0.15) is 0 Å². The SMILES string of the molecule is CCCNCCCc1c(C)nc(-c2cc(Br)cs2)nc1C. The van der Waals surface area contributed by atoms with Crippen molar-refractivity contribution in [3.05, 3.63) is 32.9 Å². The Morgan fingerprint density at radius 3 is 2.48 bits per heavy atom. The van der Waals surface area contributed by atoms with E-state index in [2.05, 4.69) is 53.5 Å². The van der Waals surface area contributed by atoms with Gasteiger partial charge < -0.3 is 5.32 Å². The van der Waals surface area contributed by atoms with Crippen molar-refractivity contribution >= 4 is 27.3 Å². The molecule has 0 aliphatic carbocycles. The standard InChI is InChI=1S/C16H22BrN3S/c1-4-7-18-8-5-6-14-11(2)19-16(20-12(14)3)15-9-13(17)10-21-15/h9-10,18H,4-8H2,1-3H3. The highest BCUT2D eigenvalue weighted by molar-refractivity contribution is 9.10. The Hall–Kier alpha value is -0.780. The highest BCUT2D eigenvalue weighted by atomic mass is 79.9. The zero-order valence-corrected chi connectivity index (χ0v) is 15.3. The van der Waals surface area contributed by atoms with E-state index in [9.17, 15) is 0 Å². The zero-order chi connectivity index (χ0) is 15.2. The van der Waals surface area contributed by atoms with Gasteiger partial charge in [0, 0.05) is 21.2 Å². The van der Waals surface area contributed by atoms with Crippen molar-refractivity contribution < 1.29 is 0 Å². The van der Waals surface area contributed by atoms with E-state index in [1.807, 2.05) is 0 Å². The third-order valence-corrected chi connectivity index (χ3v) is 5.10. The molecule has 0 aromatic carbocycles. The fourth-order valence-corrected chi connectivity index (χ4v) is 3.69. The third kappa shape index (κ3) is 4.59. The van der Waals surface area contributed by atoms with Gasteiger partial charge in [-0.15, -0.1) is 11.3 Å². The summed E-state index contributed by atoms with van der Waals surface area (Å²) >= 11 is 5.15. The van der Waals surface area contributed by atoms with Crippen LogP contribution in [0.25, 0.3) is 10.7 Å². The average molecular weight is 368 g/mol. The van der Waals surface area contributed by atoms with Crippen molar-refractivity contribution in [3.8, 4) is 10.7 Å². The molecule has 0 aliphatic heterocycles. The smallest absolute Gasteiger partial charge is 0.169 e. The number of nitrogens with one attached hydrogen (secondary N) is 1. The molecule has 0 spiro atoms. The summed E-state index contributed by atoms with van der Waals surface area (Å²) in [6, 6.07) is 2.08. The van der Waals surface area contributed by atoms with Crippen molar-refractivity contribution in [3.63, 3.8) is 0 Å². The minimum atomic E-state index is 0.841. The normalized spacial score (nSPS) is 11.0. The summed E-state index contributed by atoms with van der Waals surface area (Å²) < 4.78 is 1.09. The molecule has 3 nitrogen and oxygen atoms in total. The maximum Gasteiger partial charge on any atom is 0.169 e. The summed E-state index contributed by atoms with van der Waals surface area (Å²) in [5.74, 6) is 0.841.